The van der Waals surface area contributed by atoms with Crippen molar-refractivity contribution in [2.75, 3.05) is 0 Å². The topological polar surface area (TPSA) is 112 Å². The molecule has 0 amide bonds. The fourth-order valence-corrected chi connectivity index (χ4v) is 4.50. The van der Waals surface area contributed by atoms with Crippen LogP contribution in [-0.2, 0) is 13.0 Å². The summed E-state index contributed by atoms with van der Waals surface area (Å²) in [5.41, 5.74) is 4.54. The average Bonchev–Trinajstić information content (AvgIpc) is 3.67. The molecule has 1 aromatic carbocycles. The van der Waals surface area contributed by atoms with Crippen LogP contribution in [0.5, 0.6) is 0 Å². The van der Waals surface area contributed by atoms with Crippen molar-refractivity contribution >= 4 is 0 Å². The van der Waals surface area contributed by atoms with Gasteiger partial charge in [0.15, 0.2) is 0 Å². The van der Waals surface area contributed by atoms with Gasteiger partial charge < -0.3 is 4.57 Å². The Labute approximate surface area is 208 Å². The fourth-order valence-electron chi connectivity index (χ4n) is 4.50. The predicted octanol–water partition coefficient (Wildman–Crippen LogP) is 4.05. The number of aromatic nitrogens is 9. The number of pyridine rings is 1. The minimum Gasteiger partial charge on any atom is -0.314 e. The molecule has 0 radical (unpaired) electrons. The molecule has 0 aliphatic carbocycles. The zero-order chi connectivity index (χ0) is 25.1. The molecule has 0 aliphatic rings. The van der Waals surface area contributed by atoms with E-state index in [0.717, 1.165) is 47.2 Å². The lowest BCUT2D eigenvalue weighted by molar-refractivity contribution is 0.517. The molecule has 5 aromatic rings. The molecule has 4 aromatic heterocycles. The molecule has 0 aliphatic heterocycles. The van der Waals surface area contributed by atoms with E-state index in [1.165, 1.54) is 0 Å². The Morgan fingerprint density at radius 1 is 1.06 bits per heavy atom. The predicted molar refractivity (Wildman–Crippen MR) is 137 cm³/mol. The molecule has 184 valence electrons. The van der Waals surface area contributed by atoms with E-state index in [9.17, 15) is 4.79 Å². The fraction of sp³-hybridized carbons (Fsp3) is 0.308. The number of nitrogens with one attached hydrogen (secondary N) is 1. The van der Waals surface area contributed by atoms with Gasteiger partial charge in [-0.25, -0.2) is 14.3 Å². The van der Waals surface area contributed by atoms with Gasteiger partial charge in [-0.3, -0.25) is 9.55 Å². The molecule has 36 heavy (non-hydrogen) atoms. The van der Waals surface area contributed by atoms with Crippen LogP contribution in [0.2, 0.25) is 0 Å². The second kappa shape index (κ2) is 10.1. The van der Waals surface area contributed by atoms with E-state index in [2.05, 4.69) is 55.9 Å². The van der Waals surface area contributed by atoms with E-state index in [0.29, 0.717) is 18.3 Å². The van der Waals surface area contributed by atoms with Crippen molar-refractivity contribution < 1.29 is 0 Å². The highest BCUT2D eigenvalue weighted by molar-refractivity contribution is 5.81. The van der Waals surface area contributed by atoms with E-state index in [1.807, 2.05) is 53.5 Å². The van der Waals surface area contributed by atoms with E-state index in [4.69, 9.17) is 0 Å². The highest BCUT2D eigenvalue weighted by Crippen LogP contribution is 2.32. The van der Waals surface area contributed by atoms with Crippen LogP contribution in [-0.4, -0.2) is 44.3 Å². The molecule has 0 saturated heterocycles. The molecule has 5 rings (SSSR count). The second-order valence-corrected chi connectivity index (χ2v) is 8.81. The first-order valence-electron chi connectivity index (χ1n) is 12.2. The number of benzene rings is 1. The third-order valence-electron chi connectivity index (χ3n) is 6.53. The van der Waals surface area contributed by atoms with Crippen molar-refractivity contribution in [2.45, 2.75) is 52.6 Å². The van der Waals surface area contributed by atoms with E-state index >= 15 is 0 Å². The lowest BCUT2D eigenvalue weighted by Crippen LogP contribution is -2.27. The maximum atomic E-state index is 13.8. The first-order chi connectivity index (χ1) is 17.6. The van der Waals surface area contributed by atoms with Gasteiger partial charge in [0.1, 0.15) is 0 Å². The van der Waals surface area contributed by atoms with Crippen LogP contribution in [0.3, 0.4) is 0 Å². The number of H-pyrrole nitrogens is 1. The number of aromatic amines is 1. The molecule has 10 heteroatoms. The molecule has 0 saturated carbocycles. The Kier molecular flexibility index (Phi) is 6.57. The summed E-state index contributed by atoms with van der Waals surface area (Å²) < 4.78 is 5.55. The normalized spacial score (nSPS) is 12.2. The highest BCUT2D eigenvalue weighted by atomic mass is 16.1. The molecule has 1 N–H and O–H groups in total. The van der Waals surface area contributed by atoms with E-state index in [-0.39, 0.29) is 11.7 Å². The summed E-state index contributed by atoms with van der Waals surface area (Å²) >= 11 is 0. The van der Waals surface area contributed by atoms with Gasteiger partial charge in [-0.1, -0.05) is 44.5 Å². The Bertz CT molecular complexity index is 1510. The van der Waals surface area contributed by atoms with Gasteiger partial charge in [-0.05, 0) is 47.7 Å². The molecular formula is C26H29N9O. The van der Waals surface area contributed by atoms with Crippen LogP contribution in [0.1, 0.15) is 50.9 Å². The van der Waals surface area contributed by atoms with Crippen molar-refractivity contribution in [3.63, 3.8) is 0 Å². The first kappa shape index (κ1) is 23.4. The molecule has 1 unspecified atom stereocenters. The Hall–Kier alpha value is -4.34. The summed E-state index contributed by atoms with van der Waals surface area (Å²) in [6.07, 6.45) is 11.8. The number of rotatable bonds is 9. The van der Waals surface area contributed by atoms with Gasteiger partial charge >= 0.3 is 5.69 Å². The second-order valence-electron chi connectivity index (χ2n) is 8.81. The third-order valence-corrected chi connectivity index (χ3v) is 6.53. The standard InChI is InChI=1S/C26H29N9O/c1-4-8-20-17-35(25-28-13-14-33(25)18(3)5-2)26(36)34(20)16-19-15-27-12-11-21(19)22-9-6-7-10-23(22)24-29-31-32-30-24/h6-7,9-15,17-18H,4-5,8,16H2,1-3H3,(H,29,30,31,32). The summed E-state index contributed by atoms with van der Waals surface area (Å²) in [7, 11) is 0. The van der Waals surface area contributed by atoms with Crippen molar-refractivity contribution in [1.29, 1.82) is 0 Å². The Balaban J connectivity index is 1.60. The first-order valence-corrected chi connectivity index (χ1v) is 12.2. The molecule has 0 bridgehead atoms. The summed E-state index contributed by atoms with van der Waals surface area (Å²) in [6.45, 7) is 6.75. The van der Waals surface area contributed by atoms with Gasteiger partial charge in [0.25, 0.3) is 0 Å². The summed E-state index contributed by atoms with van der Waals surface area (Å²) in [5.74, 6) is 1.15. The molecule has 10 nitrogen and oxygen atoms in total. The zero-order valence-corrected chi connectivity index (χ0v) is 20.7. The largest absolute Gasteiger partial charge is 0.335 e. The van der Waals surface area contributed by atoms with E-state index in [1.54, 1.807) is 17.0 Å². The van der Waals surface area contributed by atoms with E-state index < -0.39 is 0 Å². The average molecular weight is 484 g/mol. The summed E-state index contributed by atoms with van der Waals surface area (Å²) in [6, 6.07) is 10.1. The van der Waals surface area contributed by atoms with Crippen molar-refractivity contribution in [3.8, 4) is 28.5 Å². The van der Waals surface area contributed by atoms with Crippen LogP contribution >= 0.6 is 0 Å². The summed E-state index contributed by atoms with van der Waals surface area (Å²) in [4.78, 5) is 22.7. The van der Waals surface area contributed by atoms with Crippen molar-refractivity contribution in [2.24, 2.45) is 0 Å². The maximum absolute atomic E-state index is 13.8. The highest BCUT2D eigenvalue weighted by Gasteiger charge is 2.20. The minimum absolute atomic E-state index is 0.115. The smallest absolute Gasteiger partial charge is 0.314 e. The third kappa shape index (κ3) is 4.26. The number of imidazole rings is 2. The van der Waals surface area contributed by atoms with Crippen molar-refractivity contribution in [3.05, 3.63) is 83.1 Å². The molecule has 0 spiro atoms. The molecule has 4 heterocycles. The molecule has 1 atom stereocenters. The molecule has 0 fully saturated rings. The van der Waals surface area contributed by atoms with Gasteiger partial charge in [0.05, 0.1) is 6.54 Å². The quantitative estimate of drug-likeness (QED) is 0.338. The summed E-state index contributed by atoms with van der Waals surface area (Å²) in [5, 5.41) is 14.6. The Morgan fingerprint density at radius 2 is 1.89 bits per heavy atom. The van der Waals surface area contributed by atoms with Crippen LogP contribution in [0.25, 0.3) is 28.5 Å². The lowest BCUT2D eigenvalue weighted by atomic mass is 9.96. The lowest BCUT2D eigenvalue weighted by Gasteiger charge is -2.14. The number of nitrogens with zero attached hydrogens (tertiary/aromatic N) is 8. The number of tetrazole rings is 1. The van der Waals surface area contributed by atoms with Gasteiger partial charge in [0, 0.05) is 48.3 Å². The van der Waals surface area contributed by atoms with Gasteiger partial charge in [-0.15, -0.1) is 10.2 Å². The van der Waals surface area contributed by atoms with Gasteiger partial charge in [-0.2, -0.15) is 5.21 Å². The van der Waals surface area contributed by atoms with Crippen LogP contribution in [0.15, 0.2) is 66.1 Å². The van der Waals surface area contributed by atoms with Crippen LogP contribution < -0.4 is 5.69 Å². The Morgan fingerprint density at radius 3 is 2.64 bits per heavy atom. The molecular weight excluding hydrogens is 454 g/mol. The van der Waals surface area contributed by atoms with Gasteiger partial charge in [0.2, 0.25) is 11.8 Å². The van der Waals surface area contributed by atoms with Crippen LogP contribution in [0, 0.1) is 0 Å². The number of aryl methyl sites for hydroxylation is 1. The van der Waals surface area contributed by atoms with Crippen molar-refractivity contribution in [1.82, 2.24) is 44.3 Å². The minimum atomic E-state index is -0.115. The maximum Gasteiger partial charge on any atom is 0.335 e. The number of hydrogen-bond donors (Lipinski definition) is 1. The number of hydrogen-bond acceptors (Lipinski definition) is 6. The zero-order valence-electron chi connectivity index (χ0n) is 20.7. The monoisotopic (exact) mass is 483 g/mol. The van der Waals surface area contributed by atoms with Crippen LogP contribution in [0.4, 0.5) is 0 Å². The SMILES string of the molecule is CCCc1cn(-c2nccn2C(C)CC)c(=O)n1Cc1cnccc1-c1ccccc1-c1nn[nH]n1.